The molecular formula is C17H15N3O4S. The van der Waals surface area contributed by atoms with Gasteiger partial charge in [-0.25, -0.2) is 4.79 Å². The molecular weight excluding hydrogens is 342 g/mol. The maximum atomic E-state index is 12.4. The van der Waals surface area contributed by atoms with E-state index in [0.717, 1.165) is 10.4 Å². The number of ether oxygens (including phenoxy) is 1. The molecule has 7 nitrogen and oxygen atoms in total. The second kappa shape index (κ2) is 7.27. The number of carbonyl (C=O) groups is 2. The highest BCUT2D eigenvalue weighted by molar-refractivity contribution is 7.13. The molecule has 0 fully saturated rings. The fraction of sp³-hybridized carbons (Fsp3) is 0.176. The summed E-state index contributed by atoms with van der Waals surface area (Å²) in [5, 5.41) is 12.2. The van der Waals surface area contributed by atoms with Crippen LogP contribution in [0.2, 0.25) is 0 Å². The van der Waals surface area contributed by atoms with Gasteiger partial charge in [0.1, 0.15) is 0 Å². The molecule has 3 aromatic rings. The van der Waals surface area contributed by atoms with Crippen molar-refractivity contribution in [3.05, 3.63) is 58.8 Å². The van der Waals surface area contributed by atoms with Gasteiger partial charge in [-0.05, 0) is 30.5 Å². The number of hydrogen-bond donors (Lipinski definition) is 1. The van der Waals surface area contributed by atoms with Crippen LogP contribution in [0, 0.1) is 6.92 Å². The van der Waals surface area contributed by atoms with Gasteiger partial charge in [0.15, 0.2) is 0 Å². The molecule has 1 aromatic carbocycles. The quantitative estimate of drug-likeness (QED) is 0.706. The number of methoxy groups -OCH3 is 1. The van der Waals surface area contributed by atoms with E-state index < -0.39 is 17.9 Å². The monoisotopic (exact) mass is 357 g/mol. The van der Waals surface area contributed by atoms with E-state index in [9.17, 15) is 9.59 Å². The van der Waals surface area contributed by atoms with Gasteiger partial charge in [0, 0.05) is 5.56 Å². The van der Waals surface area contributed by atoms with E-state index >= 15 is 0 Å². The molecule has 1 atom stereocenters. The van der Waals surface area contributed by atoms with Crippen molar-refractivity contribution in [2.24, 2.45) is 0 Å². The molecule has 1 N–H and O–H groups in total. The van der Waals surface area contributed by atoms with Crippen LogP contribution in [0.3, 0.4) is 0 Å². The second-order valence-corrected chi connectivity index (χ2v) is 6.17. The van der Waals surface area contributed by atoms with E-state index in [2.05, 4.69) is 15.5 Å². The number of hydrogen-bond acceptors (Lipinski definition) is 7. The predicted molar refractivity (Wildman–Crippen MR) is 91.0 cm³/mol. The molecule has 25 heavy (non-hydrogen) atoms. The maximum Gasteiger partial charge on any atom is 0.338 e. The summed E-state index contributed by atoms with van der Waals surface area (Å²) < 4.78 is 10.3. The number of aryl methyl sites for hydroxylation is 1. The molecule has 0 aliphatic heterocycles. The largest absolute Gasteiger partial charge is 0.467 e. The van der Waals surface area contributed by atoms with Crippen LogP contribution in [0.5, 0.6) is 0 Å². The van der Waals surface area contributed by atoms with Crippen LogP contribution in [0.1, 0.15) is 27.9 Å². The van der Waals surface area contributed by atoms with Crippen molar-refractivity contribution < 1.29 is 18.7 Å². The Balaban J connectivity index is 1.84. The summed E-state index contributed by atoms with van der Waals surface area (Å²) in [6.45, 7) is 1.92. The van der Waals surface area contributed by atoms with Gasteiger partial charge in [0.05, 0.1) is 12.0 Å². The fourth-order valence-corrected chi connectivity index (χ4v) is 2.75. The van der Waals surface area contributed by atoms with Gasteiger partial charge in [-0.2, -0.15) is 0 Å². The van der Waals surface area contributed by atoms with Gasteiger partial charge in [0.25, 0.3) is 17.7 Å². The fourth-order valence-electron chi connectivity index (χ4n) is 2.11. The first-order valence-corrected chi connectivity index (χ1v) is 8.29. The van der Waals surface area contributed by atoms with Crippen molar-refractivity contribution >= 4 is 23.2 Å². The zero-order chi connectivity index (χ0) is 17.8. The van der Waals surface area contributed by atoms with Crippen molar-refractivity contribution in [3.63, 3.8) is 0 Å². The lowest BCUT2D eigenvalue weighted by atomic mass is 10.1. The average molecular weight is 357 g/mol. The molecule has 2 heterocycles. The summed E-state index contributed by atoms with van der Waals surface area (Å²) in [5.41, 5.74) is 1.44. The summed E-state index contributed by atoms with van der Waals surface area (Å²) in [6, 6.07) is 9.45. The molecule has 3 rings (SSSR count). The Morgan fingerprint density at radius 3 is 2.60 bits per heavy atom. The molecule has 0 saturated heterocycles. The Morgan fingerprint density at radius 2 is 1.96 bits per heavy atom. The summed E-state index contributed by atoms with van der Waals surface area (Å²) >= 11 is 1.43. The Morgan fingerprint density at radius 1 is 1.20 bits per heavy atom. The molecule has 1 unspecified atom stereocenters. The number of thiophene rings is 1. The maximum absolute atomic E-state index is 12.4. The third kappa shape index (κ3) is 3.74. The van der Waals surface area contributed by atoms with E-state index in [1.54, 1.807) is 12.1 Å². The number of nitrogens with zero attached hydrogens (tertiary/aromatic N) is 2. The number of carbonyl (C=O) groups excluding carboxylic acids is 2. The molecule has 0 spiro atoms. The summed E-state index contributed by atoms with van der Waals surface area (Å²) in [7, 11) is 1.23. The lowest BCUT2D eigenvalue weighted by Gasteiger charge is -2.13. The van der Waals surface area contributed by atoms with Crippen molar-refractivity contribution in [2.45, 2.75) is 13.0 Å². The van der Waals surface area contributed by atoms with Gasteiger partial charge < -0.3 is 14.5 Å². The second-order valence-electron chi connectivity index (χ2n) is 5.22. The topological polar surface area (TPSA) is 94.3 Å². The van der Waals surface area contributed by atoms with Crippen LogP contribution >= 0.6 is 11.3 Å². The number of nitrogens with one attached hydrogen (secondary N) is 1. The van der Waals surface area contributed by atoms with Gasteiger partial charge in [-0.1, -0.05) is 23.8 Å². The van der Waals surface area contributed by atoms with Crippen molar-refractivity contribution in [1.82, 2.24) is 15.5 Å². The smallest absolute Gasteiger partial charge is 0.338 e. The van der Waals surface area contributed by atoms with Crippen LogP contribution in [-0.2, 0) is 9.53 Å². The number of benzene rings is 1. The highest BCUT2D eigenvalue weighted by Gasteiger charge is 2.30. The lowest BCUT2D eigenvalue weighted by molar-refractivity contribution is -0.143. The normalized spacial score (nSPS) is 11.8. The van der Waals surface area contributed by atoms with Crippen LogP contribution in [0.15, 0.2) is 46.2 Å². The van der Waals surface area contributed by atoms with Crippen LogP contribution in [0.25, 0.3) is 10.8 Å². The SMILES string of the molecule is COC(=O)C(NC(=O)c1ccc(C)cc1)c1nnc(-c2cccs2)o1. The standard InChI is InChI=1S/C17H15N3O4S/c1-10-5-7-11(8-6-10)14(21)18-13(17(22)23-2)16-20-19-15(24-16)12-4-3-9-25-12/h3-9,13H,1-2H3,(H,18,21). The molecule has 128 valence electrons. The Kier molecular flexibility index (Phi) is 4.90. The molecule has 1 amide bonds. The number of amides is 1. The third-order valence-electron chi connectivity index (χ3n) is 3.45. The van der Waals surface area contributed by atoms with Gasteiger partial charge in [-0.15, -0.1) is 21.5 Å². The van der Waals surface area contributed by atoms with Gasteiger partial charge >= 0.3 is 5.97 Å². The van der Waals surface area contributed by atoms with Crippen molar-refractivity contribution in [1.29, 1.82) is 0 Å². The molecule has 0 saturated carbocycles. The van der Waals surface area contributed by atoms with E-state index in [-0.39, 0.29) is 11.8 Å². The van der Waals surface area contributed by atoms with Crippen LogP contribution in [0.4, 0.5) is 0 Å². The molecule has 0 aliphatic carbocycles. The van der Waals surface area contributed by atoms with Crippen molar-refractivity contribution in [3.8, 4) is 10.8 Å². The van der Waals surface area contributed by atoms with Crippen molar-refractivity contribution in [2.75, 3.05) is 7.11 Å². The van der Waals surface area contributed by atoms with Gasteiger partial charge in [0.2, 0.25) is 6.04 Å². The van der Waals surface area contributed by atoms with E-state index in [1.807, 2.05) is 36.6 Å². The summed E-state index contributed by atoms with van der Waals surface area (Å²) in [5.74, 6) is -0.882. The predicted octanol–water partition coefficient (Wildman–Crippen LogP) is 2.75. The van der Waals surface area contributed by atoms with E-state index in [0.29, 0.717) is 5.56 Å². The zero-order valence-electron chi connectivity index (χ0n) is 13.6. The minimum Gasteiger partial charge on any atom is -0.467 e. The first-order valence-electron chi connectivity index (χ1n) is 7.41. The third-order valence-corrected chi connectivity index (χ3v) is 4.30. The molecule has 8 heteroatoms. The average Bonchev–Trinajstić information content (AvgIpc) is 3.30. The minimum absolute atomic E-state index is 0.0317. The minimum atomic E-state index is -1.18. The van der Waals surface area contributed by atoms with Crippen LogP contribution < -0.4 is 5.32 Å². The number of aromatic nitrogens is 2. The highest BCUT2D eigenvalue weighted by atomic mass is 32.1. The highest BCUT2D eigenvalue weighted by Crippen LogP contribution is 2.25. The first kappa shape index (κ1) is 16.8. The molecule has 0 radical (unpaired) electrons. The summed E-state index contributed by atoms with van der Waals surface area (Å²) in [6.07, 6.45) is 0. The van der Waals surface area contributed by atoms with Crippen LogP contribution in [-0.4, -0.2) is 29.2 Å². The lowest BCUT2D eigenvalue weighted by Crippen LogP contribution is -2.34. The van der Waals surface area contributed by atoms with E-state index in [1.165, 1.54) is 18.4 Å². The van der Waals surface area contributed by atoms with Gasteiger partial charge in [-0.3, -0.25) is 4.79 Å². The zero-order valence-corrected chi connectivity index (χ0v) is 14.4. The number of rotatable bonds is 5. The Hall–Kier alpha value is -3.00. The summed E-state index contributed by atoms with van der Waals surface area (Å²) in [4.78, 5) is 25.2. The molecule has 0 bridgehead atoms. The van der Waals surface area contributed by atoms with E-state index in [4.69, 9.17) is 9.15 Å². The molecule has 0 aliphatic rings. The Labute approximate surface area is 147 Å². The number of esters is 1. The Bertz CT molecular complexity index is 872. The first-order chi connectivity index (χ1) is 12.1. The molecule has 2 aromatic heterocycles.